The second-order valence-corrected chi connectivity index (χ2v) is 8.82. The molecule has 2 aromatic rings. The normalized spacial score (nSPS) is 18.7. The van der Waals surface area contributed by atoms with Crippen LogP contribution < -0.4 is 5.73 Å². The molecule has 1 aliphatic rings. The van der Waals surface area contributed by atoms with Gasteiger partial charge in [-0.3, -0.25) is 0 Å². The predicted octanol–water partition coefficient (Wildman–Crippen LogP) is 2.61. The highest BCUT2D eigenvalue weighted by molar-refractivity contribution is 7.89. The molecule has 1 fully saturated rings. The van der Waals surface area contributed by atoms with Crippen molar-refractivity contribution in [3.8, 4) is 0 Å². The van der Waals surface area contributed by atoms with Gasteiger partial charge in [-0.15, -0.1) is 23.7 Å². The lowest BCUT2D eigenvalue weighted by Crippen LogP contribution is -2.45. The zero-order chi connectivity index (χ0) is 17.3. The van der Waals surface area contributed by atoms with E-state index in [1.807, 2.05) is 0 Å². The average Bonchev–Trinajstić information content (AvgIpc) is 2.98. The van der Waals surface area contributed by atoms with Crippen LogP contribution in [0.25, 0.3) is 10.1 Å². The number of sulfonamides is 1. The summed E-state index contributed by atoms with van der Waals surface area (Å²) in [5.41, 5.74) is 5.90. The van der Waals surface area contributed by atoms with Crippen LogP contribution in [0.1, 0.15) is 29.4 Å². The zero-order valence-corrected chi connectivity index (χ0v) is 16.3. The van der Waals surface area contributed by atoms with Gasteiger partial charge in [0.05, 0.1) is 11.5 Å². The molecule has 2 N–H and O–H groups in total. The quantitative estimate of drug-likeness (QED) is 0.791. The van der Waals surface area contributed by atoms with Gasteiger partial charge in [-0.25, -0.2) is 13.2 Å². The Morgan fingerprint density at radius 1 is 1.40 bits per heavy atom. The first-order valence-corrected chi connectivity index (χ1v) is 10.1. The first kappa shape index (κ1) is 20.1. The molecule has 1 aromatic heterocycles. The predicted molar refractivity (Wildman–Crippen MR) is 101 cm³/mol. The minimum atomic E-state index is -3.57. The molecule has 0 amide bonds. The number of fused-ring (bicyclic) bond motifs is 1. The van der Waals surface area contributed by atoms with E-state index in [2.05, 4.69) is 0 Å². The lowest BCUT2D eigenvalue weighted by Gasteiger charge is -2.29. The van der Waals surface area contributed by atoms with E-state index in [-0.39, 0.29) is 29.3 Å². The molecule has 6 nitrogen and oxygen atoms in total. The second-order valence-electron chi connectivity index (χ2n) is 5.80. The standard InChI is InChI=1S/C16H20N2O4S2.ClH/c1-2-22-16(19)15-9-11-8-13(5-6-14(11)23-15)24(20,21)18-7-3-4-12(17)10-18;/h5-6,8-9,12H,2-4,7,10,17H2,1H3;1H/t12-;/m1./s1. The number of ether oxygens (including phenoxy) is 1. The Kier molecular flexibility index (Phi) is 6.45. The number of carbonyl (C=O) groups is 1. The Bertz CT molecular complexity index is 866. The van der Waals surface area contributed by atoms with Crippen molar-refractivity contribution in [3.63, 3.8) is 0 Å². The van der Waals surface area contributed by atoms with Crippen molar-refractivity contribution in [3.05, 3.63) is 29.1 Å². The Hall–Kier alpha value is -1.19. The zero-order valence-electron chi connectivity index (χ0n) is 13.8. The number of nitrogens with zero attached hydrogens (tertiary/aromatic N) is 1. The van der Waals surface area contributed by atoms with E-state index in [9.17, 15) is 13.2 Å². The molecule has 1 aromatic carbocycles. The number of thiophene rings is 1. The summed E-state index contributed by atoms with van der Waals surface area (Å²) >= 11 is 1.30. The summed E-state index contributed by atoms with van der Waals surface area (Å²) < 4.78 is 32.9. The summed E-state index contributed by atoms with van der Waals surface area (Å²) in [4.78, 5) is 12.5. The molecule has 2 heterocycles. The highest BCUT2D eigenvalue weighted by atomic mass is 35.5. The maximum absolute atomic E-state index is 12.8. The van der Waals surface area contributed by atoms with Crippen molar-refractivity contribution in [2.45, 2.75) is 30.7 Å². The molecule has 0 saturated carbocycles. The van der Waals surface area contributed by atoms with E-state index in [0.717, 1.165) is 22.9 Å². The molecule has 1 aliphatic heterocycles. The maximum Gasteiger partial charge on any atom is 0.348 e. The van der Waals surface area contributed by atoms with E-state index in [1.165, 1.54) is 15.6 Å². The number of nitrogens with two attached hydrogens (primary N) is 1. The average molecular weight is 405 g/mol. The van der Waals surface area contributed by atoms with Crippen LogP contribution in [0.15, 0.2) is 29.2 Å². The SMILES string of the molecule is CCOC(=O)c1cc2cc(S(=O)(=O)N3CCC[C@@H](N)C3)ccc2s1.Cl. The molecule has 0 radical (unpaired) electrons. The van der Waals surface area contributed by atoms with Gasteiger partial charge in [0.2, 0.25) is 10.0 Å². The van der Waals surface area contributed by atoms with Crippen LogP contribution in [0.4, 0.5) is 0 Å². The number of rotatable bonds is 4. The molecule has 9 heteroatoms. The fourth-order valence-corrected chi connectivity index (χ4v) is 5.33. The van der Waals surface area contributed by atoms with Crippen LogP contribution in [-0.2, 0) is 14.8 Å². The molecule has 1 saturated heterocycles. The van der Waals surface area contributed by atoms with Gasteiger partial charge in [-0.2, -0.15) is 4.31 Å². The number of carbonyl (C=O) groups excluding carboxylic acids is 1. The van der Waals surface area contributed by atoms with E-state index >= 15 is 0 Å². The summed E-state index contributed by atoms with van der Waals surface area (Å²) in [6, 6.07) is 6.50. The van der Waals surface area contributed by atoms with Crippen molar-refractivity contribution in [1.82, 2.24) is 4.31 Å². The first-order valence-electron chi connectivity index (χ1n) is 7.88. The van der Waals surface area contributed by atoms with Crippen molar-refractivity contribution in [2.24, 2.45) is 5.73 Å². The fourth-order valence-electron chi connectivity index (χ4n) is 2.83. The van der Waals surface area contributed by atoms with Gasteiger partial charge in [0.1, 0.15) is 4.88 Å². The molecule has 138 valence electrons. The first-order chi connectivity index (χ1) is 11.4. The van der Waals surface area contributed by atoms with Crippen molar-refractivity contribution >= 4 is 49.8 Å². The lowest BCUT2D eigenvalue weighted by molar-refractivity contribution is 0.0532. The van der Waals surface area contributed by atoms with Gasteiger partial charge in [-0.05, 0) is 49.4 Å². The van der Waals surface area contributed by atoms with Gasteiger partial charge in [0.25, 0.3) is 0 Å². The third-order valence-corrected chi connectivity index (χ3v) is 6.98. The van der Waals surface area contributed by atoms with Crippen molar-refractivity contribution in [2.75, 3.05) is 19.7 Å². The van der Waals surface area contributed by atoms with E-state index in [1.54, 1.807) is 31.2 Å². The van der Waals surface area contributed by atoms with Gasteiger partial charge in [0.15, 0.2) is 0 Å². The van der Waals surface area contributed by atoms with Gasteiger partial charge >= 0.3 is 5.97 Å². The number of benzene rings is 1. The topological polar surface area (TPSA) is 89.7 Å². The summed E-state index contributed by atoms with van der Waals surface area (Å²) in [5.74, 6) is -0.384. The number of hydrogen-bond donors (Lipinski definition) is 1. The van der Waals surface area contributed by atoms with Crippen LogP contribution in [0, 0.1) is 0 Å². The van der Waals surface area contributed by atoms with Crippen molar-refractivity contribution in [1.29, 1.82) is 0 Å². The fraction of sp³-hybridized carbons (Fsp3) is 0.438. The van der Waals surface area contributed by atoms with Crippen LogP contribution in [0.5, 0.6) is 0 Å². The summed E-state index contributed by atoms with van der Waals surface area (Å²) in [5, 5.41) is 0.727. The number of esters is 1. The minimum Gasteiger partial charge on any atom is -0.462 e. The monoisotopic (exact) mass is 404 g/mol. The Labute approximate surface area is 157 Å². The minimum absolute atomic E-state index is 0. The van der Waals surface area contributed by atoms with E-state index in [4.69, 9.17) is 10.5 Å². The molecule has 0 aliphatic carbocycles. The molecule has 0 spiro atoms. The third-order valence-electron chi connectivity index (χ3n) is 4.02. The molecular weight excluding hydrogens is 384 g/mol. The third kappa shape index (κ3) is 4.15. The van der Waals surface area contributed by atoms with Crippen LogP contribution in [0.2, 0.25) is 0 Å². The van der Waals surface area contributed by atoms with Gasteiger partial charge in [0, 0.05) is 23.8 Å². The lowest BCUT2D eigenvalue weighted by atomic mass is 10.1. The number of piperidine rings is 1. The van der Waals surface area contributed by atoms with E-state index in [0.29, 0.717) is 24.6 Å². The largest absolute Gasteiger partial charge is 0.462 e. The highest BCUT2D eigenvalue weighted by Crippen LogP contribution is 2.30. The Morgan fingerprint density at radius 2 is 2.16 bits per heavy atom. The molecule has 0 bridgehead atoms. The summed E-state index contributed by atoms with van der Waals surface area (Å²) in [6.45, 7) is 2.89. The second kappa shape index (κ2) is 8.01. The van der Waals surface area contributed by atoms with Crippen LogP contribution in [0.3, 0.4) is 0 Å². The smallest absolute Gasteiger partial charge is 0.348 e. The van der Waals surface area contributed by atoms with E-state index < -0.39 is 10.0 Å². The Morgan fingerprint density at radius 3 is 2.84 bits per heavy atom. The van der Waals surface area contributed by atoms with Gasteiger partial charge in [-0.1, -0.05) is 0 Å². The molecule has 0 unspecified atom stereocenters. The summed E-state index contributed by atoms with van der Waals surface area (Å²) in [6.07, 6.45) is 1.62. The Balaban J connectivity index is 0.00000225. The number of halogens is 1. The maximum atomic E-state index is 12.8. The van der Waals surface area contributed by atoms with Crippen molar-refractivity contribution < 1.29 is 17.9 Å². The highest BCUT2D eigenvalue weighted by Gasteiger charge is 2.29. The molecule has 25 heavy (non-hydrogen) atoms. The molecule has 1 atom stereocenters. The number of hydrogen-bond acceptors (Lipinski definition) is 6. The van der Waals surface area contributed by atoms with Crippen LogP contribution >= 0.6 is 23.7 Å². The summed E-state index contributed by atoms with van der Waals surface area (Å²) in [7, 11) is -3.57. The van der Waals surface area contributed by atoms with Crippen LogP contribution in [-0.4, -0.2) is 44.4 Å². The molecule has 3 rings (SSSR count). The van der Waals surface area contributed by atoms with Gasteiger partial charge < -0.3 is 10.5 Å². The molecular formula is C16H21ClN2O4S2.